The maximum atomic E-state index is 13.3. The zero-order valence-corrected chi connectivity index (χ0v) is 26.8. The molecule has 7 heteroatoms. The molecular weight excluding hydrogens is 548 g/mol. The van der Waals surface area contributed by atoms with Gasteiger partial charge in [-0.15, -0.1) is 5.10 Å². The summed E-state index contributed by atoms with van der Waals surface area (Å²) in [5.41, 5.74) is 7.83. The zero-order valence-electron chi connectivity index (χ0n) is 26.8. The summed E-state index contributed by atoms with van der Waals surface area (Å²) >= 11 is 0. The van der Waals surface area contributed by atoms with Crippen molar-refractivity contribution in [3.05, 3.63) is 100 Å². The van der Waals surface area contributed by atoms with Crippen LogP contribution >= 0.6 is 0 Å². The first-order chi connectivity index (χ1) is 21.1. The number of hydrogen-bond donors (Lipinski definition) is 0. The van der Waals surface area contributed by atoms with Gasteiger partial charge < -0.3 is 9.47 Å². The molecule has 228 valence electrons. The van der Waals surface area contributed by atoms with Gasteiger partial charge in [0.15, 0.2) is 0 Å². The Hall–Kier alpha value is -4.23. The predicted molar refractivity (Wildman–Crippen MR) is 175 cm³/mol. The molecule has 7 nitrogen and oxygen atoms in total. The number of methoxy groups -OCH3 is 1. The van der Waals surface area contributed by atoms with Crippen molar-refractivity contribution in [2.24, 2.45) is 12.5 Å². The van der Waals surface area contributed by atoms with Gasteiger partial charge in [0, 0.05) is 38.2 Å². The fourth-order valence-corrected chi connectivity index (χ4v) is 6.85. The topological polar surface area (TPSA) is 69.5 Å². The van der Waals surface area contributed by atoms with Gasteiger partial charge in [-0.3, -0.25) is 9.69 Å². The van der Waals surface area contributed by atoms with Crippen molar-refractivity contribution in [1.82, 2.24) is 19.9 Å². The highest BCUT2D eigenvalue weighted by Crippen LogP contribution is 2.44. The molecule has 0 N–H and O–H groups in total. The second-order valence-electron chi connectivity index (χ2n) is 12.8. The minimum Gasteiger partial charge on any atom is -0.489 e. The van der Waals surface area contributed by atoms with Crippen LogP contribution in [0.1, 0.15) is 66.5 Å². The van der Waals surface area contributed by atoms with Crippen molar-refractivity contribution in [2.75, 3.05) is 13.7 Å². The number of rotatable bonds is 7. The maximum Gasteiger partial charge on any atom is 0.312 e. The third-order valence-electron chi connectivity index (χ3n) is 9.46. The maximum absolute atomic E-state index is 13.3. The van der Waals surface area contributed by atoms with Crippen molar-refractivity contribution in [1.29, 1.82) is 0 Å². The lowest BCUT2D eigenvalue weighted by molar-refractivity contribution is -0.151. The molecule has 0 saturated carbocycles. The Balaban J connectivity index is 1.40. The molecule has 0 saturated heterocycles. The van der Waals surface area contributed by atoms with Gasteiger partial charge in [0.2, 0.25) is 0 Å². The standard InChI is InChI=1S/C37H42N4O3/c1-8-30-22-41(21-29-17-25-11-9-10-12-26(25)19-33(29)44-30)20-28-18-27(14-13-23(28)2)34(37(4,5)36(42)43-7)31-15-16-32-35(24(31)3)38-39-40(32)6/h9-19,30,34H,8,20-22H2,1-7H3/t30-,34?/m1/s1. The average molecular weight is 591 g/mol. The van der Waals surface area contributed by atoms with E-state index in [4.69, 9.17) is 9.47 Å². The Morgan fingerprint density at radius 3 is 2.55 bits per heavy atom. The number of esters is 1. The van der Waals surface area contributed by atoms with E-state index in [-0.39, 0.29) is 18.0 Å². The third kappa shape index (κ3) is 5.34. The van der Waals surface area contributed by atoms with E-state index < -0.39 is 5.41 Å². The van der Waals surface area contributed by atoms with Crippen LogP contribution in [0.5, 0.6) is 5.75 Å². The summed E-state index contributed by atoms with van der Waals surface area (Å²) in [5, 5.41) is 11.1. The number of hydrogen-bond acceptors (Lipinski definition) is 6. The van der Waals surface area contributed by atoms with Gasteiger partial charge in [-0.05, 0) is 90.9 Å². The summed E-state index contributed by atoms with van der Waals surface area (Å²) in [4.78, 5) is 15.8. The normalized spacial score (nSPS) is 16.4. The van der Waals surface area contributed by atoms with Crippen LogP contribution in [0.25, 0.3) is 21.8 Å². The lowest BCUT2D eigenvalue weighted by Gasteiger charge is -2.34. The SMILES string of the molecule is CC[C@@H]1CN(Cc2cc(C(c3ccc4c(nnn4C)c3C)C(C)(C)C(=O)OC)ccc2C)Cc2cc3ccccc3cc2O1. The van der Waals surface area contributed by atoms with Crippen molar-refractivity contribution in [3.63, 3.8) is 0 Å². The van der Waals surface area contributed by atoms with Crippen LogP contribution in [-0.4, -0.2) is 45.6 Å². The molecule has 0 amide bonds. The van der Waals surface area contributed by atoms with Gasteiger partial charge in [0.25, 0.3) is 0 Å². The van der Waals surface area contributed by atoms with Gasteiger partial charge in [0.05, 0.1) is 18.0 Å². The first-order valence-electron chi connectivity index (χ1n) is 15.5. The highest BCUT2D eigenvalue weighted by molar-refractivity contribution is 5.85. The smallest absolute Gasteiger partial charge is 0.312 e. The third-order valence-corrected chi connectivity index (χ3v) is 9.46. The molecule has 5 aromatic rings. The van der Waals surface area contributed by atoms with Gasteiger partial charge in [-0.1, -0.05) is 60.7 Å². The van der Waals surface area contributed by atoms with Crippen LogP contribution in [0, 0.1) is 19.3 Å². The van der Waals surface area contributed by atoms with E-state index in [1.807, 2.05) is 20.9 Å². The van der Waals surface area contributed by atoms with E-state index in [1.165, 1.54) is 34.6 Å². The molecule has 2 heterocycles. The number of carbonyl (C=O) groups is 1. The molecule has 1 unspecified atom stereocenters. The Kier molecular flexibility index (Phi) is 7.93. The summed E-state index contributed by atoms with van der Waals surface area (Å²) in [5.74, 6) is 0.490. The highest BCUT2D eigenvalue weighted by Gasteiger charge is 2.41. The molecule has 1 aliphatic rings. The van der Waals surface area contributed by atoms with Crippen molar-refractivity contribution in [2.45, 2.75) is 66.2 Å². The summed E-state index contributed by atoms with van der Waals surface area (Å²) in [7, 11) is 3.36. The van der Waals surface area contributed by atoms with E-state index in [0.29, 0.717) is 0 Å². The van der Waals surface area contributed by atoms with Crippen LogP contribution in [0.4, 0.5) is 0 Å². The minimum atomic E-state index is -0.828. The van der Waals surface area contributed by atoms with Gasteiger partial charge >= 0.3 is 5.97 Å². The summed E-state index contributed by atoms with van der Waals surface area (Å²) in [6, 6.07) is 23.8. The number of nitrogens with zero attached hydrogens (tertiary/aromatic N) is 4. The molecule has 0 aliphatic carbocycles. The van der Waals surface area contributed by atoms with Gasteiger partial charge in [0.1, 0.15) is 17.4 Å². The number of aryl methyl sites for hydroxylation is 3. The van der Waals surface area contributed by atoms with E-state index in [9.17, 15) is 4.79 Å². The molecule has 6 rings (SSSR count). The van der Waals surface area contributed by atoms with Crippen molar-refractivity contribution >= 4 is 27.8 Å². The van der Waals surface area contributed by atoms with Gasteiger partial charge in [-0.2, -0.15) is 0 Å². The van der Waals surface area contributed by atoms with Crippen LogP contribution in [0.2, 0.25) is 0 Å². The summed E-state index contributed by atoms with van der Waals surface area (Å²) in [6.07, 6.45) is 1.04. The molecule has 2 atom stereocenters. The van der Waals surface area contributed by atoms with E-state index in [1.54, 1.807) is 4.68 Å². The second-order valence-corrected chi connectivity index (χ2v) is 12.8. The zero-order chi connectivity index (χ0) is 31.2. The van der Waals surface area contributed by atoms with Crippen molar-refractivity contribution in [3.8, 4) is 5.75 Å². The molecule has 44 heavy (non-hydrogen) atoms. The monoisotopic (exact) mass is 590 g/mol. The molecule has 1 aromatic heterocycles. The number of carbonyl (C=O) groups excluding carboxylic acids is 1. The Bertz CT molecular complexity index is 1860. The van der Waals surface area contributed by atoms with Crippen LogP contribution < -0.4 is 4.74 Å². The molecule has 0 fully saturated rings. The van der Waals surface area contributed by atoms with Gasteiger partial charge in [-0.25, -0.2) is 4.68 Å². The molecule has 1 aliphatic heterocycles. The predicted octanol–water partition coefficient (Wildman–Crippen LogP) is 7.24. The largest absolute Gasteiger partial charge is 0.489 e. The van der Waals surface area contributed by atoms with E-state index >= 15 is 0 Å². The van der Waals surface area contributed by atoms with Crippen molar-refractivity contribution < 1.29 is 14.3 Å². The quantitative estimate of drug-likeness (QED) is 0.186. The summed E-state index contributed by atoms with van der Waals surface area (Å²) < 4.78 is 13.7. The van der Waals surface area contributed by atoms with Crippen LogP contribution in [-0.2, 0) is 29.7 Å². The lowest BCUT2D eigenvalue weighted by Crippen LogP contribution is -2.34. The Morgan fingerprint density at radius 2 is 1.82 bits per heavy atom. The molecule has 0 radical (unpaired) electrons. The molecular formula is C37H42N4O3. The van der Waals surface area contributed by atoms with E-state index in [2.05, 4.69) is 103 Å². The molecule has 0 bridgehead atoms. The molecule has 0 spiro atoms. The Labute approximate surface area is 259 Å². The highest BCUT2D eigenvalue weighted by atomic mass is 16.5. The van der Waals surface area contributed by atoms with Crippen LogP contribution in [0.3, 0.4) is 0 Å². The minimum absolute atomic E-state index is 0.105. The first-order valence-corrected chi connectivity index (χ1v) is 15.5. The Morgan fingerprint density at radius 1 is 1.07 bits per heavy atom. The number of benzene rings is 4. The fourth-order valence-electron chi connectivity index (χ4n) is 6.85. The summed E-state index contributed by atoms with van der Waals surface area (Å²) in [6.45, 7) is 12.8. The molecule has 4 aromatic carbocycles. The number of aromatic nitrogens is 3. The number of fused-ring (bicyclic) bond motifs is 3. The number of ether oxygens (including phenoxy) is 2. The van der Waals surface area contributed by atoms with E-state index in [0.717, 1.165) is 59.5 Å². The lowest BCUT2D eigenvalue weighted by atomic mass is 9.69. The average Bonchev–Trinajstić information content (AvgIpc) is 3.30. The fraction of sp³-hybridized carbons (Fsp3) is 0.378. The second kappa shape index (κ2) is 11.7. The first kappa shape index (κ1) is 29.8. The van der Waals surface area contributed by atoms with Crippen LogP contribution in [0.15, 0.2) is 66.7 Å².